The monoisotopic (exact) mass is 412 g/mol. The molecule has 3 nitrogen and oxygen atoms in total. The van der Waals surface area contributed by atoms with Crippen LogP contribution in [0.2, 0.25) is 0 Å². The molecule has 0 spiro atoms. The Morgan fingerprint density at radius 3 is 2.52 bits per heavy atom. The first-order valence-electron chi connectivity index (χ1n) is 10.7. The average Bonchev–Trinajstić information content (AvgIpc) is 3.16. The number of halogens is 1. The van der Waals surface area contributed by atoms with Gasteiger partial charge in [-0.05, 0) is 66.1 Å². The molecule has 1 atom stereocenters. The van der Waals surface area contributed by atoms with Gasteiger partial charge in [-0.15, -0.1) is 0 Å². The minimum atomic E-state index is -0.196. The molecule has 4 aromatic rings. The molecule has 1 aliphatic rings. The third-order valence-electron chi connectivity index (χ3n) is 5.78. The van der Waals surface area contributed by atoms with Crippen molar-refractivity contribution < 1.29 is 9.13 Å². The van der Waals surface area contributed by atoms with Crippen LogP contribution in [-0.2, 0) is 13.1 Å². The van der Waals surface area contributed by atoms with Crippen LogP contribution in [0.3, 0.4) is 0 Å². The first-order chi connectivity index (χ1) is 15.3. The summed E-state index contributed by atoms with van der Waals surface area (Å²) in [6, 6.07) is 29.3. The fourth-order valence-corrected chi connectivity index (χ4v) is 4.43. The molecule has 0 aliphatic carbocycles. The molecule has 0 radical (unpaired) electrons. The highest BCUT2D eigenvalue weighted by atomic mass is 19.1. The molecular weight excluding hydrogens is 387 g/mol. The first kappa shape index (κ1) is 19.6. The van der Waals surface area contributed by atoms with Crippen LogP contribution in [0.5, 0.6) is 11.5 Å². The van der Waals surface area contributed by atoms with Crippen molar-refractivity contribution in [3.05, 3.63) is 120 Å². The topological polar surface area (TPSA) is 17.4 Å². The van der Waals surface area contributed by atoms with Crippen LogP contribution < -0.4 is 4.74 Å². The van der Waals surface area contributed by atoms with Gasteiger partial charge in [0, 0.05) is 31.5 Å². The molecule has 0 fully saturated rings. The van der Waals surface area contributed by atoms with Crippen LogP contribution in [0, 0.1) is 5.82 Å². The highest BCUT2D eigenvalue weighted by Gasteiger charge is 2.27. The molecule has 3 aromatic carbocycles. The molecular formula is C27H25FN2O. The lowest BCUT2D eigenvalue weighted by Crippen LogP contribution is -2.29. The molecule has 0 unspecified atom stereocenters. The van der Waals surface area contributed by atoms with Crippen molar-refractivity contribution in [1.82, 2.24) is 9.47 Å². The van der Waals surface area contributed by atoms with Gasteiger partial charge in [0.05, 0.1) is 6.04 Å². The number of nitrogens with zero attached hydrogens (tertiary/aromatic N) is 2. The Hall–Kier alpha value is -3.37. The van der Waals surface area contributed by atoms with E-state index in [4.69, 9.17) is 4.74 Å². The lowest BCUT2D eigenvalue weighted by molar-refractivity contribution is 0.220. The van der Waals surface area contributed by atoms with Gasteiger partial charge < -0.3 is 9.30 Å². The quantitative estimate of drug-likeness (QED) is 0.377. The van der Waals surface area contributed by atoms with Gasteiger partial charge in [-0.2, -0.15) is 0 Å². The van der Waals surface area contributed by atoms with E-state index in [1.165, 1.54) is 17.3 Å². The molecule has 1 aliphatic heterocycles. The summed E-state index contributed by atoms with van der Waals surface area (Å²) in [5.74, 6) is 1.45. The summed E-state index contributed by atoms with van der Waals surface area (Å²) in [5, 5.41) is 0. The molecule has 2 heterocycles. The molecule has 5 rings (SSSR count). The second-order valence-corrected chi connectivity index (χ2v) is 7.97. The molecule has 0 amide bonds. The van der Waals surface area contributed by atoms with Crippen molar-refractivity contribution in [2.45, 2.75) is 25.6 Å². The zero-order valence-electron chi connectivity index (χ0n) is 17.3. The normalized spacial score (nSPS) is 16.5. The highest BCUT2D eigenvalue weighted by molar-refractivity contribution is 5.35. The van der Waals surface area contributed by atoms with Crippen molar-refractivity contribution in [3.63, 3.8) is 0 Å². The van der Waals surface area contributed by atoms with Gasteiger partial charge in [0.25, 0.3) is 0 Å². The van der Waals surface area contributed by atoms with Crippen LogP contribution in [0.15, 0.2) is 97.2 Å². The summed E-state index contributed by atoms with van der Waals surface area (Å²) in [6.07, 6.45) is 3.17. The van der Waals surface area contributed by atoms with Gasteiger partial charge in [-0.25, -0.2) is 4.39 Å². The number of benzene rings is 3. The minimum Gasteiger partial charge on any atom is -0.457 e. The second-order valence-electron chi connectivity index (χ2n) is 7.97. The number of rotatable bonds is 5. The Morgan fingerprint density at radius 1 is 0.806 bits per heavy atom. The van der Waals surface area contributed by atoms with Gasteiger partial charge in [0.1, 0.15) is 17.3 Å². The minimum absolute atomic E-state index is 0.00639. The molecule has 0 bridgehead atoms. The maximum atomic E-state index is 14.1. The highest BCUT2D eigenvalue weighted by Crippen LogP contribution is 2.34. The van der Waals surface area contributed by atoms with Gasteiger partial charge in [-0.3, -0.25) is 4.90 Å². The maximum absolute atomic E-state index is 14.1. The number of hydrogen-bond donors (Lipinski definition) is 0. The average molecular weight is 413 g/mol. The van der Waals surface area contributed by atoms with E-state index in [-0.39, 0.29) is 11.9 Å². The van der Waals surface area contributed by atoms with E-state index >= 15 is 0 Å². The largest absolute Gasteiger partial charge is 0.457 e. The Kier molecular flexibility index (Phi) is 5.55. The molecule has 0 saturated carbocycles. The van der Waals surface area contributed by atoms with E-state index in [2.05, 4.69) is 39.9 Å². The number of aromatic nitrogens is 1. The van der Waals surface area contributed by atoms with Gasteiger partial charge in [0.2, 0.25) is 0 Å². The summed E-state index contributed by atoms with van der Waals surface area (Å²) >= 11 is 0. The summed E-state index contributed by atoms with van der Waals surface area (Å²) in [4.78, 5) is 2.44. The van der Waals surface area contributed by atoms with Crippen LogP contribution in [0.25, 0.3) is 0 Å². The number of ether oxygens (including phenoxy) is 1. The van der Waals surface area contributed by atoms with Crippen molar-refractivity contribution in [3.8, 4) is 11.5 Å². The van der Waals surface area contributed by atoms with E-state index in [0.717, 1.165) is 43.1 Å². The van der Waals surface area contributed by atoms with Crippen LogP contribution in [0.4, 0.5) is 4.39 Å². The third-order valence-corrected chi connectivity index (χ3v) is 5.78. The predicted octanol–water partition coefficient (Wildman–Crippen LogP) is 6.41. The van der Waals surface area contributed by atoms with Gasteiger partial charge in [-0.1, -0.05) is 42.5 Å². The number of para-hydroxylation sites is 1. The van der Waals surface area contributed by atoms with Crippen molar-refractivity contribution in [2.24, 2.45) is 0 Å². The number of fused-ring (bicyclic) bond motifs is 1. The molecule has 4 heteroatoms. The Balaban J connectivity index is 1.45. The smallest absolute Gasteiger partial charge is 0.127 e. The summed E-state index contributed by atoms with van der Waals surface area (Å²) in [5.41, 5.74) is 3.37. The predicted molar refractivity (Wildman–Crippen MR) is 121 cm³/mol. The van der Waals surface area contributed by atoms with Crippen LogP contribution >= 0.6 is 0 Å². The van der Waals surface area contributed by atoms with Crippen LogP contribution in [0.1, 0.15) is 29.3 Å². The lowest BCUT2D eigenvalue weighted by Gasteiger charge is -2.31. The van der Waals surface area contributed by atoms with Crippen molar-refractivity contribution in [2.75, 3.05) is 6.54 Å². The lowest BCUT2D eigenvalue weighted by atomic mass is 10.0. The summed E-state index contributed by atoms with van der Waals surface area (Å²) in [7, 11) is 0. The molecule has 31 heavy (non-hydrogen) atoms. The first-order valence-corrected chi connectivity index (χ1v) is 10.7. The molecule has 156 valence electrons. The molecule has 0 saturated heterocycles. The second kappa shape index (κ2) is 8.78. The standard InChI is InChI=1S/C27H25FN2O/c28-23-10-5-9-22(19-23)27-26-14-6-15-29(26)16-7-17-30(27)20-21-8-4-13-25(18-21)31-24-11-2-1-3-12-24/h1-6,8-15,18-19,27H,7,16-17,20H2/t27-/m0/s1. The summed E-state index contributed by atoms with van der Waals surface area (Å²) in [6.45, 7) is 2.67. The van der Waals surface area contributed by atoms with E-state index in [9.17, 15) is 4.39 Å². The van der Waals surface area contributed by atoms with Gasteiger partial charge >= 0.3 is 0 Å². The molecule has 1 aromatic heterocycles. The Labute approximate surface area is 182 Å². The van der Waals surface area contributed by atoms with Crippen molar-refractivity contribution >= 4 is 0 Å². The maximum Gasteiger partial charge on any atom is 0.127 e. The fourth-order valence-electron chi connectivity index (χ4n) is 4.43. The number of hydrogen-bond acceptors (Lipinski definition) is 2. The third kappa shape index (κ3) is 4.39. The zero-order valence-corrected chi connectivity index (χ0v) is 17.3. The van der Waals surface area contributed by atoms with E-state index in [1.807, 2.05) is 48.5 Å². The van der Waals surface area contributed by atoms with Gasteiger partial charge in [0.15, 0.2) is 0 Å². The van der Waals surface area contributed by atoms with E-state index < -0.39 is 0 Å². The molecule has 0 N–H and O–H groups in total. The summed E-state index contributed by atoms with van der Waals surface area (Å²) < 4.78 is 22.4. The SMILES string of the molecule is Fc1cccc([C@H]2c3cccn3CCCN2Cc2cccc(Oc3ccccc3)c2)c1. The van der Waals surface area contributed by atoms with E-state index in [0.29, 0.717) is 0 Å². The Bertz CT molecular complexity index is 1150. The Morgan fingerprint density at radius 2 is 1.65 bits per heavy atom. The fraction of sp³-hybridized carbons (Fsp3) is 0.185. The van der Waals surface area contributed by atoms with E-state index in [1.54, 1.807) is 12.1 Å². The van der Waals surface area contributed by atoms with Crippen molar-refractivity contribution in [1.29, 1.82) is 0 Å². The zero-order chi connectivity index (χ0) is 21.0. The van der Waals surface area contributed by atoms with Crippen LogP contribution in [-0.4, -0.2) is 16.0 Å². The number of aryl methyl sites for hydroxylation is 1.